The number of hydrogen-bond acceptors (Lipinski definition) is 2. The van der Waals surface area contributed by atoms with E-state index in [9.17, 15) is 0 Å². The van der Waals surface area contributed by atoms with Crippen molar-refractivity contribution in [3.63, 3.8) is 0 Å². The normalized spacial score (nSPS) is 11.1. The van der Waals surface area contributed by atoms with E-state index < -0.39 is 0 Å². The molecule has 4 rings (SSSR count). The van der Waals surface area contributed by atoms with Crippen LogP contribution in [0.15, 0.2) is 66.7 Å². The predicted molar refractivity (Wildman–Crippen MR) is 111 cm³/mol. The maximum Gasteiger partial charge on any atom is 0.148 e. The van der Waals surface area contributed by atoms with Crippen molar-refractivity contribution in [2.75, 3.05) is 0 Å². The fourth-order valence-electron chi connectivity index (χ4n) is 3.30. The van der Waals surface area contributed by atoms with E-state index in [1.54, 1.807) is 0 Å². The van der Waals surface area contributed by atoms with Crippen molar-refractivity contribution in [2.45, 2.75) is 27.0 Å². The zero-order valence-corrected chi connectivity index (χ0v) is 16.2. The number of benzene rings is 3. The highest BCUT2D eigenvalue weighted by molar-refractivity contribution is 6.31. The molecule has 0 saturated heterocycles. The minimum atomic E-state index is 0.406. The van der Waals surface area contributed by atoms with Crippen LogP contribution in [0.5, 0.6) is 5.75 Å². The fraction of sp³-hybridized carbons (Fsp3) is 0.174. The highest BCUT2D eigenvalue weighted by Gasteiger charge is 2.13. The molecule has 1 aromatic heterocycles. The second-order valence-electron chi connectivity index (χ2n) is 6.79. The van der Waals surface area contributed by atoms with Crippen LogP contribution in [0.25, 0.3) is 11.0 Å². The number of nitrogens with zero attached hydrogens (tertiary/aromatic N) is 2. The number of ether oxygens (including phenoxy) is 1. The minimum absolute atomic E-state index is 0.406. The Bertz CT molecular complexity index is 1090. The van der Waals surface area contributed by atoms with Gasteiger partial charge in [0.05, 0.1) is 11.0 Å². The maximum atomic E-state index is 6.24. The van der Waals surface area contributed by atoms with Crippen molar-refractivity contribution in [1.82, 2.24) is 9.55 Å². The van der Waals surface area contributed by atoms with Crippen LogP contribution in [-0.4, -0.2) is 9.55 Å². The van der Waals surface area contributed by atoms with E-state index >= 15 is 0 Å². The Balaban J connectivity index is 1.69. The summed E-state index contributed by atoms with van der Waals surface area (Å²) in [6, 6.07) is 22.4. The molecule has 0 saturated carbocycles. The van der Waals surface area contributed by atoms with Crippen molar-refractivity contribution in [2.24, 2.45) is 0 Å². The molecule has 0 fully saturated rings. The van der Waals surface area contributed by atoms with Gasteiger partial charge in [0, 0.05) is 11.6 Å². The average Bonchev–Trinajstić information content (AvgIpc) is 2.99. The summed E-state index contributed by atoms with van der Waals surface area (Å²) in [7, 11) is 0. The Kier molecular flexibility index (Phi) is 4.87. The Morgan fingerprint density at radius 3 is 2.56 bits per heavy atom. The van der Waals surface area contributed by atoms with Crippen molar-refractivity contribution in [1.29, 1.82) is 0 Å². The highest BCUT2D eigenvalue weighted by atomic mass is 35.5. The molecular formula is C23H21ClN2O. The standard InChI is InChI=1S/C23H21ClN2O/c1-16-8-11-22(17(2)12-16)27-15-23-25-20-10-9-19(24)13-21(20)26(23)14-18-6-4-3-5-7-18/h3-13H,14-15H2,1-2H3. The number of halogens is 1. The minimum Gasteiger partial charge on any atom is -0.485 e. The summed E-state index contributed by atoms with van der Waals surface area (Å²) in [6.07, 6.45) is 0. The monoisotopic (exact) mass is 376 g/mol. The van der Waals surface area contributed by atoms with Crippen LogP contribution in [-0.2, 0) is 13.2 Å². The molecule has 0 aliphatic carbocycles. The summed E-state index contributed by atoms with van der Waals surface area (Å²) in [6.45, 7) is 5.28. The molecule has 0 bridgehead atoms. The lowest BCUT2D eigenvalue weighted by atomic mass is 10.1. The van der Waals surface area contributed by atoms with Crippen molar-refractivity contribution < 1.29 is 4.74 Å². The van der Waals surface area contributed by atoms with Crippen LogP contribution in [0, 0.1) is 13.8 Å². The van der Waals surface area contributed by atoms with Crippen molar-refractivity contribution >= 4 is 22.6 Å². The molecular weight excluding hydrogens is 356 g/mol. The second-order valence-corrected chi connectivity index (χ2v) is 7.23. The lowest BCUT2D eigenvalue weighted by molar-refractivity contribution is 0.289. The topological polar surface area (TPSA) is 27.1 Å². The molecule has 27 heavy (non-hydrogen) atoms. The Morgan fingerprint density at radius 2 is 1.78 bits per heavy atom. The molecule has 0 unspecified atom stereocenters. The van der Waals surface area contributed by atoms with E-state index in [4.69, 9.17) is 21.3 Å². The zero-order valence-electron chi connectivity index (χ0n) is 15.4. The molecule has 0 atom stereocenters. The quantitative estimate of drug-likeness (QED) is 0.431. The number of imidazole rings is 1. The fourth-order valence-corrected chi connectivity index (χ4v) is 3.47. The summed E-state index contributed by atoms with van der Waals surface area (Å²) in [5.74, 6) is 1.77. The summed E-state index contributed by atoms with van der Waals surface area (Å²) < 4.78 is 8.28. The first kappa shape index (κ1) is 17.6. The first-order valence-corrected chi connectivity index (χ1v) is 9.36. The predicted octanol–water partition coefficient (Wildman–Crippen LogP) is 5.93. The van der Waals surface area contributed by atoms with Gasteiger partial charge in [0.1, 0.15) is 18.2 Å². The number of fused-ring (bicyclic) bond motifs is 1. The van der Waals surface area contributed by atoms with Crippen molar-refractivity contribution in [3.05, 3.63) is 94.3 Å². The molecule has 3 nitrogen and oxygen atoms in total. The van der Waals surface area contributed by atoms with Crippen LogP contribution >= 0.6 is 11.6 Å². The summed E-state index contributed by atoms with van der Waals surface area (Å²) in [5, 5.41) is 0.707. The maximum absolute atomic E-state index is 6.24. The third-order valence-electron chi connectivity index (χ3n) is 4.66. The zero-order chi connectivity index (χ0) is 18.8. The van der Waals surface area contributed by atoms with Gasteiger partial charge >= 0.3 is 0 Å². The van der Waals surface area contributed by atoms with Gasteiger partial charge in [-0.05, 0) is 49.2 Å². The number of rotatable bonds is 5. The van der Waals surface area contributed by atoms with Gasteiger partial charge in [-0.15, -0.1) is 0 Å². The molecule has 4 heteroatoms. The van der Waals surface area contributed by atoms with Crippen molar-refractivity contribution in [3.8, 4) is 5.75 Å². The Hall–Kier alpha value is -2.78. The molecule has 0 aliphatic rings. The van der Waals surface area contributed by atoms with Gasteiger partial charge in [0.2, 0.25) is 0 Å². The molecule has 0 radical (unpaired) electrons. The van der Waals surface area contributed by atoms with E-state index in [-0.39, 0.29) is 0 Å². The van der Waals surface area contributed by atoms with Crippen LogP contribution < -0.4 is 4.74 Å². The summed E-state index contributed by atoms with van der Waals surface area (Å²) >= 11 is 6.24. The van der Waals surface area contributed by atoms with E-state index in [1.807, 2.05) is 42.5 Å². The SMILES string of the molecule is Cc1ccc(OCc2nc3ccc(Cl)cc3n2Cc2ccccc2)c(C)c1. The average molecular weight is 377 g/mol. The highest BCUT2D eigenvalue weighted by Crippen LogP contribution is 2.24. The van der Waals surface area contributed by atoms with Gasteiger partial charge < -0.3 is 9.30 Å². The largest absolute Gasteiger partial charge is 0.485 e. The number of aromatic nitrogens is 2. The van der Waals surface area contributed by atoms with Crippen LogP contribution in [0.4, 0.5) is 0 Å². The second kappa shape index (κ2) is 7.45. The van der Waals surface area contributed by atoms with Crippen LogP contribution in [0.3, 0.4) is 0 Å². The molecule has 0 N–H and O–H groups in total. The lowest BCUT2D eigenvalue weighted by Crippen LogP contribution is -2.08. The molecule has 0 spiro atoms. The molecule has 136 valence electrons. The van der Waals surface area contributed by atoms with Gasteiger partial charge in [0.15, 0.2) is 0 Å². The van der Waals surface area contributed by atoms with Crippen LogP contribution in [0.1, 0.15) is 22.5 Å². The third-order valence-corrected chi connectivity index (χ3v) is 4.90. The van der Waals surface area contributed by atoms with E-state index in [2.05, 4.69) is 42.7 Å². The lowest BCUT2D eigenvalue weighted by Gasteiger charge is -2.12. The number of hydrogen-bond donors (Lipinski definition) is 0. The summed E-state index contributed by atoms with van der Waals surface area (Å²) in [4.78, 5) is 4.79. The first-order valence-electron chi connectivity index (χ1n) is 8.99. The molecule has 4 aromatic rings. The van der Waals surface area contributed by atoms with Gasteiger partial charge in [-0.1, -0.05) is 59.6 Å². The van der Waals surface area contributed by atoms with Crippen LogP contribution in [0.2, 0.25) is 5.02 Å². The molecule has 1 heterocycles. The first-order chi connectivity index (χ1) is 13.1. The molecule has 0 aliphatic heterocycles. The Morgan fingerprint density at radius 1 is 0.963 bits per heavy atom. The Labute approximate surface area is 164 Å². The van der Waals surface area contributed by atoms with Gasteiger partial charge in [-0.3, -0.25) is 0 Å². The smallest absolute Gasteiger partial charge is 0.148 e. The van der Waals surface area contributed by atoms with Gasteiger partial charge in [-0.25, -0.2) is 4.98 Å². The van der Waals surface area contributed by atoms with Gasteiger partial charge in [0.25, 0.3) is 0 Å². The number of aryl methyl sites for hydroxylation is 2. The molecule has 0 amide bonds. The summed E-state index contributed by atoms with van der Waals surface area (Å²) in [5.41, 5.74) is 5.51. The van der Waals surface area contributed by atoms with E-state index in [0.29, 0.717) is 11.6 Å². The van der Waals surface area contributed by atoms with E-state index in [0.717, 1.165) is 34.7 Å². The third kappa shape index (κ3) is 3.83. The molecule has 3 aromatic carbocycles. The van der Waals surface area contributed by atoms with Gasteiger partial charge in [-0.2, -0.15) is 0 Å². The van der Waals surface area contributed by atoms with E-state index in [1.165, 1.54) is 11.1 Å².